The minimum absolute atomic E-state index is 0.0357. The Morgan fingerprint density at radius 3 is 2.30 bits per heavy atom. The highest BCUT2D eigenvalue weighted by atomic mass is 19.1. The summed E-state index contributed by atoms with van der Waals surface area (Å²) in [4.78, 5) is 27.4. The second-order valence-corrected chi connectivity index (χ2v) is 7.72. The number of para-hydroxylation sites is 1. The molecular formula is C21H28F2N2O2. The van der Waals surface area contributed by atoms with Gasteiger partial charge in [0.05, 0.1) is 0 Å². The molecular weight excluding hydrogens is 350 g/mol. The first-order valence-corrected chi connectivity index (χ1v) is 10.1. The largest absolute Gasteiger partial charge is 0.339 e. The Morgan fingerprint density at radius 2 is 1.67 bits per heavy atom. The topological polar surface area (TPSA) is 49.4 Å². The number of benzene rings is 1. The Morgan fingerprint density at radius 1 is 1.04 bits per heavy atom. The molecule has 1 saturated carbocycles. The number of anilines is 1. The van der Waals surface area contributed by atoms with Crippen LogP contribution < -0.4 is 5.32 Å². The van der Waals surface area contributed by atoms with Crippen molar-refractivity contribution in [3.05, 3.63) is 29.8 Å². The molecule has 1 heterocycles. The third kappa shape index (κ3) is 4.47. The summed E-state index contributed by atoms with van der Waals surface area (Å²) in [6.45, 7) is 2.96. The van der Waals surface area contributed by atoms with E-state index in [-0.39, 0.29) is 29.3 Å². The van der Waals surface area contributed by atoms with Crippen molar-refractivity contribution in [1.82, 2.24) is 4.90 Å². The fourth-order valence-electron chi connectivity index (χ4n) is 4.39. The molecule has 2 fully saturated rings. The van der Waals surface area contributed by atoms with Crippen LogP contribution in [0.1, 0.15) is 58.3 Å². The highest BCUT2D eigenvalue weighted by Gasteiger charge is 2.35. The van der Waals surface area contributed by atoms with Crippen molar-refractivity contribution < 1.29 is 18.4 Å². The fraction of sp³-hybridized carbons (Fsp3) is 0.619. The molecule has 1 aliphatic carbocycles. The van der Waals surface area contributed by atoms with E-state index in [4.69, 9.17) is 0 Å². The zero-order chi connectivity index (χ0) is 19.4. The van der Waals surface area contributed by atoms with Gasteiger partial charge in [0, 0.05) is 24.4 Å². The van der Waals surface area contributed by atoms with Crippen LogP contribution in [0.5, 0.6) is 0 Å². The lowest BCUT2D eigenvalue weighted by atomic mass is 9.80. The van der Waals surface area contributed by atoms with Gasteiger partial charge in [-0.2, -0.15) is 0 Å². The Kier molecular flexibility index (Phi) is 6.45. The number of nitrogens with one attached hydrogen (secondary N) is 1. The molecule has 2 aliphatic rings. The maximum atomic E-state index is 13.7. The molecule has 0 spiro atoms. The Balaban J connectivity index is 1.55. The molecule has 0 aromatic heterocycles. The molecule has 1 aromatic carbocycles. The number of hydrogen-bond donors (Lipinski definition) is 1. The number of halogens is 2. The minimum Gasteiger partial charge on any atom is -0.339 e. The van der Waals surface area contributed by atoms with Gasteiger partial charge in [0.2, 0.25) is 11.8 Å². The van der Waals surface area contributed by atoms with Crippen LogP contribution >= 0.6 is 0 Å². The predicted molar refractivity (Wildman–Crippen MR) is 100 cm³/mol. The normalized spacial score (nSPS) is 25.9. The van der Waals surface area contributed by atoms with Crippen LogP contribution in [-0.2, 0) is 9.59 Å². The standard InChI is InChI=1S/C21H28F2N2O2/c1-2-16-6-3-4-13-25(16)21(27)15-11-9-14(10-12-15)20(26)24-19-17(22)7-5-8-18(19)23/h5,7-8,14-16H,2-4,6,9-13H2,1H3,(H,24,26). The number of hydrogen-bond acceptors (Lipinski definition) is 2. The van der Waals surface area contributed by atoms with E-state index < -0.39 is 11.6 Å². The van der Waals surface area contributed by atoms with Gasteiger partial charge in [-0.15, -0.1) is 0 Å². The third-order valence-corrected chi connectivity index (χ3v) is 6.04. The van der Waals surface area contributed by atoms with Crippen molar-refractivity contribution in [2.45, 2.75) is 64.3 Å². The lowest BCUT2D eigenvalue weighted by Gasteiger charge is -2.39. The Labute approximate surface area is 159 Å². The molecule has 6 heteroatoms. The first kappa shape index (κ1) is 19.8. The lowest BCUT2D eigenvalue weighted by Crippen LogP contribution is -2.47. The van der Waals surface area contributed by atoms with E-state index in [1.807, 2.05) is 4.90 Å². The van der Waals surface area contributed by atoms with Gasteiger partial charge < -0.3 is 10.2 Å². The number of carbonyl (C=O) groups is 2. The Hall–Kier alpha value is -1.98. The van der Waals surface area contributed by atoms with Crippen molar-refractivity contribution in [3.63, 3.8) is 0 Å². The first-order chi connectivity index (χ1) is 13.0. The van der Waals surface area contributed by atoms with Crippen LogP contribution in [0.25, 0.3) is 0 Å². The molecule has 27 heavy (non-hydrogen) atoms. The van der Waals surface area contributed by atoms with Gasteiger partial charge >= 0.3 is 0 Å². The monoisotopic (exact) mass is 378 g/mol. The highest BCUT2D eigenvalue weighted by molar-refractivity contribution is 5.93. The molecule has 4 nitrogen and oxygen atoms in total. The van der Waals surface area contributed by atoms with Crippen molar-refractivity contribution in [2.24, 2.45) is 11.8 Å². The second kappa shape index (κ2) is 8.81. The third-order valence-electron chi connectivity index (χ3n) is 6.04. The second-order valence-electron chi connectivity index (χ2n) is 7.72. The summed E-state index contributed by atoms with van der Waals surface area (Å²) in [7, 11) is 0. The summed E-state index contributed by atoms with van der Waals surface area (Å²) in [6, 6.07) is 3.85. The molecule has 1 saturated heterocycles. The van der Waals surface area contributed by atoms with Gasteiger partial charge in [-0.05, 0) is 63.5 Å². The number of amides is 2. The number of carbonyl (C=O) groups excluding carboxylic acids is 2. The lowest BCUT2D eigenvalue weighted by molar-refractivity contribution is -0.141. The molecule has 3 rings (SSSR count). The smallest absolute Gasteiger partial charge is 0.227 e. The van der Waals surface area contributed by atoms with Crippen LogP contribution in [0, 0.1) is 23.5 Å². The Bertz CT molecular complexity index is 667. The molecule has 0 bridgehead atoms. The maximum Gasteiger partial charge on any atom is 0.227 e. The van der Waals surface area contributed by atoms with Crippen LogP contribution in [0.2, 0.25) is 0 Å². The summed E-state index contributed by atoms with van der Waals surface area (Å²) in [5, 5.41) is 2.39. The summed E-state index contributed by atoms with van der Waals surface area (Å²) in [5.74, 6) is -2.04. The van der Waals surface area contributed by atoms with Gasteiger partial charge in [-0.25, -0.2) is 8.78 Å². The molecule has 1 aliphatic heterocycles. The zero-order valence-corrected chi connectivity index (χ0v) is 15.8. The van der Waals surface area contributed by atoms with Gasteiger partial charge in [-0.1, -0.05) is 13.0 Å². The van der Waals surface area contributed by atoms with Crippen molar-refractivity contribution in [1.29, 1.82) is 0 Å². The number of piperidine rings is 1. The van der Waals surface area contributed by atoms with Gasteiger partial charge in [0.25, 0.3) is 0 Å². The molecule has 2 amide bonds. The van der Waals surface area contributed by atoms with Crippen LogP contribution in [0.4, 0.5) is 14.5 Å². The summed E-state index contributed by atoms with van der Waals surface area (Å²) in [6.07, 6.45) is 6.76. The molecule has 148 valence electrons. The molecule has 1 aromatic rings. The van der Waals surface area contributed by atoms with E-state index >= 15 is 0 Å². The molecule has 1 unspecified atom stereocenters. The number of likely N-dealkylation sites (tertiary alicyclic amines) is 1. The zero-order valence-electron chi connectivity index (χ0n) is 15.8. The van der Waals surface area contributed by atoms with Crippen molar-refractivity contribution in [3.8, 4) is 0 Å². The minimum atomic E-state index is -0.775. The van der Waals surface area contributed by atoms with Gasteiger partial charge in [0.1, 0.15) is 17.3 Å². The van der Waals surface area contributed by atoms with E-state index in [0.29, 0.717) is 31.7 Å². The quantitative estimate of drug-likeness (QED) is 0.839. The average molecular weight is 378 g/mol. The predicted octanol–water partition coefficient (Wildman–Crippen LogP) is 4.50. The van der Waals surface area contributed by atoms with E-state index in [2.05, 4.69) is 12.2 Å². The van der Waals surface area contributed by atoms with Crippen molar-refractivity contribution in [2.75, 3.05) is 11.9 Å². The van der Waals surface area contributed by atoms with Crippen LogP contribution in [0.3, 0.4) is 0 Å². The van der Waals surface area contributed by atoms with Gasteiger partial charge in [0.15, 0.2) is 0 Å². The summed E-state index contributed by atoms with van der Waals surface area (Å²) < 4.78 is 27.4. The maximum absolute atomic E-state index is 13.7. The fourth-order valence-corrected chi connectivity index (χ4v) is 4.39. The molecule has 0 radical (unpaired) electrons. The van der Waals surface area contributed by atoms with E-state index in [9.17, 15) is 18.4 Å². The van der Waals surface area contributed by atoms with Gasteiger partial charge in [-0.3, -0.25) is 9.59 Å². The number of nitrogens with zero attached hydrogens (tertiary/aromatic N) is 1. The van der Waals surface area contributed by atoms with Crippen LogP contribution in [0.15, 0.2) is 18.2 Å². The van der Waals surface area contributed by atoms with E-state index in [1.54, 1.807) is 0 Å². The van der Waals surface area contributed by atoms with Crippen molar-refractivity contribution >= 4 is 17.5 Å². The molecule has 1 N–H and O–H groups in total. The number of rotatable bonds is 4. The molecule has 1 atom stereocenters. The van der Waals surface area contributed by atoms with E-state index in [1.165, 1.54) is 12.5 Å². The van der Waals surface area contributed by atoms with Crippen LogP contribution in [-0.4, -0.2) is 29.3 Å². The van der Waals surface area contributed by atoms with E-state index in [0.717, 1.165) is 37.9 Å². The summed E-state index contributed by atoms with van der Waals surface area (Å²) in [5.41, 5.74) is -0.389. The highest BCUT2D eigenvalue weighted by Crippen LogP contribution is 2.33. The SMILES string of the molecule is CCC1CCCCN1C(=O)C1CCC(C(=O)Nc2c(F)cccc2F)CC1. The summed E-state index contributed by atoms with van der Waals surface area (Å²) >= 11 is 0. The average Bonchev–Trinajstić information content (AvgIpc) is 2.70. The first-order valence-electron chi connectivity index (χ1n) is 10.1.